The van der Waals surface area contributed by atoms with Crippen molar-refractivity contribution in [1.29, 1.82) is 0 Å². The molecule has 5 nitrogen and oxygen atoms in total. The number of carbonyl (C=O) groups is 2. The van der Waals surface area contributed by atoms with Gasteiger partial charge in [-0.15, -0.1) is 0 Å². The highest BCUT2D eigenvalue weighted by molar-refractivity contribution is 6.61. The van der Waals surface area contributed by atoms with E-state index in [0.29, 0.717) is 0 Å². The molecule has 0 amide bonds. The number of nitrogens with zero attached hydrogens (tertiary/aromatic N) is 2. The Hall–Kier alpha value is -1.48. The average molecular weight is 142 g/mol. The first kappa shape index (κ1) is 8.52. The molecule has 0 atom stereocenters. The molecule has 0 aliphatic rings. The molecular formula is C5H6N2O3. The number of carboxylic acids is 1. The van der Waals surface area contributed by atoms with Crippen molar-refractivity contribution in [2.24, 2.45) is 0 Å². The van der Waals surface area contributed by atoms with Crippen LogP contribution in [0.1, 0.15) is 13.3 Å². The van der Waals surface area contributed by atoms with E-state index in [0.717, 1.165) is 0 Å². The van der Waals surface area contributed by atoms with Crippen LogP contribution in [0.25, 0.3) is 5.53 Å². The molecule has 10 heavy (non-hydrogen) atoms. The van der Waals surface area contributed by atoms with Gasteiger partial charge in [0, 0.05) is 6.42 Å². The summed E-state index contributed by atoms with van der Waals surface area (Å²) in [5, 5.41) is 8.16. The summed E-state index contributed by atoms with van der Waals surface area (Å²) in [4.78, 5) is 22.9. The molecule has 1 N–H and O–H groups in total. The fourth-order valence-corrected chi connectivity index (χ4v) is 0.385. The van der Waals surface area contributed by atoms with Gasteiger partial charge in [0.1, 0.15) is 0 Å². The van der Waals surface area contributed by atoms with Crippen molar-refractivity contribution in [1.82, 2.24) is 0 Å². The summed E-state index contributed by atoms with van der Waals surface area (Å²) in [7, 11) is 0. The van der Waals surface area contributed by atoms with Crippen LogP contribution in [0.5, 0.6) is 0 Å². The molecule has 0 fully saturated rings. The molecule has 54 valence electrons. The van der Waals surface area contributed by atoms with E-state index in [1.54, 1.807) is 0 Å². The van der Waals surface area contributed by atoms with E-state index in [1.165, 1.54) is 6.92 Å². The van der Waals surface area contributed by atoms with Gasteiger partial charge in [0.25, 0.3) is 5.78 Å². The van der Waals surface area contributed by atoms with Crippen molar-refractivity contribution >= 4 is 17.5 Å². The normalized spacial score (nSPS) is 8.10. The number of rotatable bonds is 3. The molecule has 0 rings (SSSR count). The fourth-order valence-electron chi connectivity index (χ4n) is 0.385. The van der Waals surface area contributed by atoms with Crippen LogP contribution in [0.15, 0.2) is 0 Å². The number of ketones is 1. The van der Waals surface area contributed by atoms with Crippen molar-refractivity contribution in [2.45, 2.75) is 13.3 Å². The van der Waals surface area contributed by atoms with E-state index in [4.69, 9.17) is 10.6 Å². The smallest absolute Gasteiger partial charge is 0.441 e. The van der Waals surface area contributed by atoms with Crippen LogP contribution >= 0.6 is 0 Å². The molecular weight excluding hydrogens is 136 g/mol. The lowest BCUT2D eigenvalue weighted by Gasteiger charge is -1.82. The topological polar surface area (TPSA) is 90.8 Å². The van der Waals surface area contributed by atoms with Gasteiger partial charge < -0.3 is 10.6 Å². The van der Waals surface area contributed by atoms with E-state index in [9.17, 15) is 9.59 Å². The molecule has 0 heterocycles. The first-order chi connectivity index (χ1) is 4.63. The molecule has 5 heteroatoms. The first-order valence-corrected chi connectivity index (χ1v) is 2.62. The molecule has 0 spiro atoms. The molecule has 0 aromatic rings. The predicted molar refractivity (Wildman–Crippen MR) is 31.6 cm³/mol. The third-order valence-corrected chi connectivity index (χ3v) is 0.888. The van der Waals surface area contributed by atoms with Crippen LogP contribution in [0.4, 0.5) is 0 Å². The quantitative estimate of drug-likeness (QED) is 0.254. The molecule has 0 aliphatic heterocycles. The maximum atomic E-state index is 10.5. The Labute approximate surface area is 56.9 Å². The van der Waals surface area contributed by atoms with Crippen molar-refractivity contribution in [3.63, 3.8) is 0 Å². The minimum atomic E-state index is -1.51. The van der Waals surface area contributed by atoms with E-state index in [2.05, 4.69) is 4.79 Å². The summed E-state index contributed by atoms with van der Waals surface area (Å²) in [6.07, 6.45) is 0.0195. The van der Waals surface area contributed by atoms with Gasteiger partial charge in [-0.05, 0) is 0 Å². The van der Waals surface area contributed by atoms with Gasteiger partial charge in [0.2, 0.25) is 0 Å². The van der Waals surface area contributed by atoms with Crippen LogP contribution in [-0.2, 0) is 9.59 Å². The van der Waals surface area contributed by atoms with Crippen molar-refractivity contribution in [3.8, 4) is 0 Å². The second-order valence-corrected chi connectivity index (χ2v) is 1.53. The second kappa shape index (κ2) is 3.53. The maximum absolute atomic E-state index is 10.5. The van der Waals surface area contributed by atoms with Crippen molar-refractivity contribution in [2.75, 3.05) is 0 Å². The summed E-state index contributed by atoms with van der Waals surface area (Å²) in [5.74, 6) is -2.19. The summed E-state index contributed by atoms with van der Waals surface area (Å²) in [5.41, 5.74) is 7.17. The zero-order chi connectivity index (χ0) is 8.15. The van der Waals surface area contributed by atoms with Gasteiger partial charge in [-0.1, -0.05) is 6.92 Å². The summed E-state index contributed by atoms with van der Waals surface area (Å²) >= 11 is 0. The second-order valence-electron chi connectivity index (χ2n) is 1.53. The predicted octanol–water partition coefficient (Wildman–Crippen LogP) is -0.279. The first-order valence-electron chi connectivity index (χ1n) is 2.62. The average Bonchev–Trinajstić information content (AvgIpc) is 1.88. The van der Waals surface area contributed by atoms with Crippen LogP contribution in [-0.4, -0.2) is 27.4 Å². The zero-order valence-corrected chi connectivity index (χ0v) is 5.37. The van der Waals surface area contributed by atoms with Crippen LogP contribution in [0.3, 0.4) is 0 Å². The third-order valence-electron chi connectivity index (χ3n) is 0.888. The molecule has 0 saturated carbocycles. The van der Waals surface area contributed by atoms with E-state index >= 15 is 0 Å². The largest absolute Gasteiger partial charge is 0.472 e. The highest BCUT2D eigenvalue weighted by Crippen LogP contribution is 1.82. The van der Waals surface area contributed by atoms with Crippen LogP contribution in [0, 0.1) is 0 Å². The Bertz CT molecular complexity index is 215. The molecule has 0 radical (unpaired) electrons. The van der Waals surface area contributed by atoms with Gasteiger partial charge in [-0.25, -0.2) is 4.79 Å². The minimum absolute atomic E-state index is 0.0195. The Morgan fingerprint density at radius 1 is 1.60 bits per heavy atom. The van der Waals surface area contributed by atoms with Gasteiger partial charge in [-0.3, -0.25) is 4.79 Å². The number of hydrogen-bond donors (Lipinski definition) is 1. The lowest BCUT2D eigenvalue weighted by atomic mass is 10.2. The van der Waals surface area contributed by atoms with E-state index in [1.807, 2.05) is 0 Å². The molecule has 0 unspecified atom stereocenters. The monoisotopic (exact) mass is 142 g/mol. The number of aliphatic carboxylic acids is 1. The molecule has 0 saturated heterocycles. The van der Waals surface area contributed by atoms with Crippen LogP contribution < -0.4 is 0 Å². The Kier molecular flexibility index (Phi) is 3.01. The molecule has 0 bridgehead atoms. The molecule has 0 aromatic carbocycles. The Balaban J connectivity index is 4.56. The Morgan fingerprint density at radius 3 is 2.20 bits per heavy atom. The van der Waals surface area contributed by atoms with Gasteiger partial charge in [0.05, 0.1) is 0 Å². The van der Waals surface area contributed by atoms with E-state index < -0.39 is 17.5 Å². The van der Waals surface area contributed by atoms with Crippen molar-refractivity contribution < 1.29 is 19.5 Å². The molecule has 0 aliphatic carbocycles. The SMILES string of the molecule is CCC(=O)C(=[N+]=[N-])C(=O)O. The number of carboxylic acid groups (broad SMARTS) is 1. The highest BCUT2D eigenvalue weighted by Gasteiger charge is 2.26. The maximum Gasteiger partial charge on any atom is 0.441 e. The van der Waals surface area contributed by atoms with Gasteiger partial charge in [-0.2, -0.15) is 4.79 Å². The minimum Gasteiger partial charge on any atom is -0.472 e. The van der Waals surface area contributed by atoms with Gasteiger partial charge in [0.15, 0.2) is 0 Å². The lowest BCUT2D eigenvalue weighted by Crippen LogP contribution is -2.23. The fraction of sp³-hybridized carbons (Fsp3) is 0.400. The lowest BCUT2D eigenvalue weighted by molar-refractivity contribution is -0.136. The summed E-state index contributed by atoms with van der Waals surface area (Å²) in [6, 6.07) is 0. The Morgan fingerprint density at radius 2 is 2.10 bits per heavy atom. The van der Waals surface area contributed by atoms with E-state index in [-0.39, 0.29) is 6.42 Å². The number of hydrogen-bond acceptors (Lipinski definition) is 2. The number of Topliss-reactive ketones (excluding diaryl/α,β-unsaturated/α-hetero) is 1. The van der Waals surface area contributed by atoms with Crippen molar-refractivity contribution in [3.05, 3.63) is 5.53 Å². The summed E-state index contributed by atoms with van der Waals surface area (Å²) < 4.78 is 0. The van der Waals surface area contributed by atoms with Crippen LogP contribution in [0.2, 0.25) is 0 Å². The zero-order valence-electron chi connectivity index (χ0n) is 5.37. The number of carbonyl (C=O) groups excluding carboxylic acids is 1. The standard InChI is InChI=1S/C5H6N2O3/c1-2-3(8)4(7-6)5(9)10/h2H2,1H3,(H,9,10). The van der Waals surface area contributed by atoms with Gasteiger partial charge >= 0.3 is 11.7 Å². The molecule has 0 aromatic heterocycles. The highest BCUT2D eigenvalue weighted by atomic mass is 16.4. The summed E-state index contributed by atoms with van der Waals surface area (Å²) in [6.45, 7) is 1.48. The third kappa shape index (κ3) is 1.80.